The number of H-pyrrole nitrogens is 1. The van der Waals surface area contributed by atoms with Crippen LogP contribution in [0.15, 0.2) is 23.3 Å². The van der Waals surface area contributed by atoms with Crippen LogP contribution in [0.4, 0.5) is 24.5 Å². The van der Waals surface area contributed by atoms with Gasteiger partial charge in [-0.25, -0.2) is 4.98 Å². The number of aromatic amines is 1. The summed E-state index contributed by atoms with van der Waals surface area (Å²) in [5.41, 5.74) is -2.44. The minimum Gasteiger partial charge on any atom is -0.388 e. The predicted octanol–water partition coefficient (Wildman–Crippen LogP) is 2.73. The maximum atomic E-state index is 13.0. The van der Waals surface area contributed by atoms with E-state index in [1.807, 2.05) is 0 Å². The molecule has 0 saturated heterocycles. The monoisotopic (exact) mass is 386 g/mol. The van der Waals surface area contributed by atoms with Crippen molar-refractivity contribution in [1.29, 1.82) is 0 Å². The van der Waals surface area contributed by atoms with E-state index in [1.165, 1.54) is 6.07 Å². The van der Waals surface area contributed by atoms with Gasteiger partial charge in [0.15, 0.2) is 0 Å². The van der Waals surface area contributed by atoms with Gasteiger partial charge in [-0.3, -0.25) is 14.9 Å². The molecule has 1 aromatic heterocycles. The van der Waals surface area contributed by atoms with Crippen LogP contribution >= 0.6 is 0 Å². The largest absolute Gasteiger partial charge is 0.391 e. The van der Waals surface area contributed by atoms with E-state index in [2.05, 4.69) is 15.3 Å². The molecule has 0 spiro atoms. The fraction of sp³-hybridized carbons (Fsp3) is 0.500. The molecule has 3 N–H and O–H groups in total. The number of anilines is 1. The molecule has 0 amide bonds. The summed E-state index contributed by atoms with van der Waals surface area (Å²) in [4.78, 5) is 28.6. The minimum absolute atomic E-state index is 0.0169. The van der Waals surface area contributed by atoms with Crippen LogP contribution in [-0.4, -0.2) is 38.3 Å². The molecule has 27 heavy (non-hydrogen) atoms. The number of benzene rings is 1. The third-order valence-corrected chi connectivity index (χ3v) is 4.85. The van der Waals surface area contributed by atoms with Gasteiger partial charge in [-0.1, -0.05) is 0 Å². The zero-order chi connectivity index (χ0) is 19.8. The van der Waals surface area contributed by atoms with Crippen molar-refractivity contribution in [2.45, 2.75) is 37.5 Å². The molecule has 1 aliphatic carbocycles. The highest BCUT2D eigenvalue weighted by Gasteiger charge is 2.47. The lowest BCUT2D eigenvalue weighted by molar-refractivity contribution is -0.383. The molecule has 0 bridgehead atoms. The van der Waals surface area contributed by atoms with E-state index in [1.54, 1.807) is 0 Å². The third-order valence-electron chi connectivity index (χ3n) is 4.85. The average molecular weight is 386 g/mol. The first kappa shape index (κ1) is 19.1. The normalized spacial score (nSPS) is 23.3. The first-order valence-electron chi connectivity index (χ1n) is 8.28. The van der Waals surface area contributed by atoms with Gasteiger partial charge in [0.1, 0.15) is 5.69 Å². The van der Waals surface area contributed by atoms with E-state index in [0.717, 1.165) is 12.4 Å². The van der Waals surface area contributed by atoms with Crippen molar-refractivity contribution in [2.24, 2.45) is 5.92 Å². The number of hydrogen-bond acceptors (Lipinski definition) is 6. The van der Waals surface area contributed by atoms with Crippen LogP contribution in [0, 0.1) is 16.0 Å². The molecule has 8 nitrogen and oxygen atoms in total. The van der Waals surface area contributed by atoms with Crippen LogP contribution in [0.1, 0.15) is 25.7 Å². The van der Waals surface area contributed by atoms with E-state index in [-0.39, 0.29) is 42.4 Å². The molecule has 1 saturated carbocycles. The van der Waals surface area contributed by atoms with Crippen LogP contribution in [0.25, 0.3) is 10.9 Å². The third kappa shape index (κ3) is 4.02. The number of fused-ring (bicyclic) bond motifs is 1. The quantitative estimate of drug-likeness (QED) is 0.549. The van der Waals surface area contributed by atoms with Crippen molar-refractivity contribution in [3.63, 3.8) is 0 Å². The highest BCUT2D eigenvalue weighted by atomic mass is 19.4. The SMILES string of the molecule is O=c1[nH]cnc2cc(NCC3(O)CCCC(C(F)(F)F)C3)c([N+](=O)[O-])cc12. The molecule has 3 rings (SSSR count). The number of halogens is 3. The molecule has 2 unspecified atom stereocenters. The van der Waals surface area contributed by atoms with E-state index in [0.29, 0.717) is 0 Å². The first-order valence-corrected chi connectivity index (χ1v) is 8.28. The van der Waals surface area contributed by atoms with Crippen LogP contribution in [0.5, 0.6) is 0 Å². The molecule has 11 heteroatoms. The highest BCUT2D eigenvalue weighted by Crippen LogP contribution is 2.42. The van der Waals surface area contributed by atoms with Crippen molar-refractivity contribution in [3.05, 3.63) is 38.9 Å². The van der Waals surface area contributed by atoms with Gasteiger partial charge >= 0.3 is 6.18 Å². The fourth-order valence-corrected chi connectivity index (χ4v) is 3.44. The Morgan fingerprint density at radius 1 is 1.44 bits per heavy atom. The summed E-state index contributed by atoms with van der Waals surface area (Å²) in [5, 5.41) is 24.6. The maximum Gasteiger partial charge on any atom is 0.391 e. The number of alkyl halides is 3. The van der Waals surface area contributed by atoms with Crippen molar-refractivity contribution in [3.8, 4) is 0 Å². The number of nitrogens with zero attached hydrogens (tertiary/aromatic N) is 2. The Morgan fingerprint density at radius 3 is 2.85 bits per heavy atom. The summed E-state index contributed by atoms with van der Waals surface area (Å²) in [7, 11) is 0. The second-order valence-corrected chi connectivity index (χ2v) is 6.79. The summed E-state index contributed by atoms with van der Waals surface area (Å²) in [6.07, 6.45) is -3.40. The number of hydrogen-bond donors (Lipinski definition) is 3. The summed E-state index contributed by atoms with van der Waals surface area (Å²) < 4.78 is 38.9. The number of nitrogens with one attached hydrogen (secondary N) is 2. The van der Waals surface area contributed by atoms with E-state index >= 15 is 0 Å². The molecule has 1 aromatic carbocycles. The first-order chi connectivity index (χ1) is 12.6. The summed E-state index contributed by atoms with van der Waals surface area (Å²) >= 11 is 0. The van der Waals surface area contributed by atoms with Crippen molar-refractivity contribution < 1.29 is 23.2 Å². The smallest absolute Gasteiger partial charge is 0.388 e. The Balaban J connectivity index is 1.87. The Hall–Kier alpha value is -2.69. The molecule has 146 valence electrons. The predicted molar refractivity (Wildman–Crippen MR) is 90.5 cm³/mol. The summed E-state index contributed by atoms with van der Waals surface area (Å²) in [6, 6.07) is 2.32. The van der Waals surface area contributed by atoms with Gasteiger partial charge in [0.05, 0.1) is 33.7 Å². The van der Waals surface area contributed by atoms with Crippen LogP contribution < -0.4 is 10.9 Å². The zero-order valence-electron chi connectivity index (χ0n) is 14.0. The lowest BCUT2D eigenvalue weighted by Gasteiger charge is -2.37. The van der Waals surface area contributed by atoms with Crippen molar-refractivity contribution in [1.82, 2.24) is 9.97 Å². The van der Waals surface area contributed by atoms with Crippen molar-refractivity contribution in [2.75, 3.05) is 11.9 Å². The number of nitro benzene ring substituents is 1. The minimum atomic E-state index is -4.39. The van der Waals surface area contributed by atoms with Gasteiger partial charge < -0.3 is 15.4 Å². The standard InChI is InChI=1S/C16H17F3N4O4/c17-16(18,19)9-2-1-3-15(25,6-9)7-20-12-5-11-10(4-13(12)23(26)27)14(24)22-8-21-11/h4-5,8-9,20,25H,1-3,6-7H2,(H,21,22,24). The lowest BCUT2D eigenvalue weighted by atomic mass is 9.77. The van der Waals surface area contributed by atoms with E-state index in [4.69, 9.17) is 0 Å². The summed E-state index contributed by atoms with van der Waals surface area (Å²) in [5.74, 6) is -1.61. The fourth-order valence-electron chi connectivity index (χ4n) is 3.44. The van der Waals surface area contributed by atoms with Gasteiger partial charge in [0.2, 0.25) is 0 Å². The van der Waals surface area contributed by atoms with Crippen molar-refractivity contribution >= 4 is 22.3 Å². The average Bonchev–Trinajstić information content (AvgIpc) is 2.59. The molecule has 2 aromatic rings. The lowest BCUT2D eigenvalue weighted by Crippen LogP contribution is -2.45. The molecule has 0 aliphatic heterocycles. The number of nitro groups is 1. The summed E-state index contributed by atoms with van der Waals surface area (Å²) in [6.45, 7) is -0.283. The van der Waals surface area contributed by atoms with Gasteiger partial charge in [0, 0.05) is 12.6 Å². The number of rotatable bonds is 4. The maximum absolute atomic E-state index is 13.0. The van der Waals surface area contributed by atoms with E-state index < -0.39 is 40.3 Å². The molecule has 0 radical (unpaired) electrons. The van der Waals surface area contributed by atoms with Gasteiger partial charge in [-0.15, -0.1) is 0 Å². The van der Waals surface area contributed by atoms with Gasteiger partial charge in [-0.2, -0.15) is 13.2 Å². The van der Waals surface area contributed by atoms with E-state index in [9.17, 15) is 33.2 Å². The number of aliphatic hydroxyl groups is 1. The Bertz CT molecular complexity index is 930. The highest BCUT2D eigenvalue weighted by molar-refractivity contribution is 5.86. The molecular formula is C16H17F3N4O4. The Kier molecular flexibility index (Phi) is 4.81. The Morgan fingerprint density at radius 2 is 2.19 bits per heavy atom. The second-order valence-electron chi connectivity index (χ2n) is 6.79. The topological polar surface area (TPSA) is 121 Å². The molecule has 1 fully saturated rings. The molecular weight excluding hydrogens is 369 g/mol. The van der Waals surface area contributed by atoms with Crippen LogP contribution in [0.2, 0.25) is 0 Å². The zero-order valence-corrected chi connectivity index (χ0v) is 14.0. The van der Waals surface area contributed by atoms with Gasteiger partial charge in [-0.05, 0) is 31.7 Å². The van der Waals surface area contributed by atoms with Gasteiger partial charge in [0.25, 0.3) is 11.2 Å². The molecule has 1 aliphatic rings. The molecule has 1 heterocycles. The van der Waals surface area contributed by atoms with Crippen LogP contribution in [0.3, 0.4) is 0 Å². The second kappa shape index (κ2) is 6.80. The molecule has 2 atom stereocenters. The number of aromatic nitrogens is 2. The van der Waals surface area contributed by atoms with Crippen LogP contribution in [-0.2, 0) is 0 Å². The Labute approximate surface area is 150 Å².